The zero-order valence-corrected chi connectivity index (χ0v) is 18.3. The van der Waals surface area contributed by atoms with E-state index >= 15 is 0 Å². The molecule has 0 nitrogen and oxygen atoms in total. The molecule has 0 N–H and O–H groups in total. The molecule has 2 saturated carbocycles. The molecule has 2 rings (SSSR count). The van der Waals surface area contributed by atoms with Gasteiger partial charge in [0.05, 0.1) is 4.83 Å². The van der Waals surface area contributed by atoms with Crippen molar-refractivity contribution < 1.29 is 8.78 Å². The molecular formula is C20H34Br2F2. The van der Waals surface area contributed by atoms with Gasteiger partial charge in [-0.05, 0) is 71.7 Å². The van der Waals surface area contributed by atoms with E-state index in [-0.39, 0.29) is 0 Å². The fourth-order valence-corrected chi connectivity index (χ4v) is 5.67. The minimum atomic E-state index is -2.78. The van der Waals surface area contributed by atoms with Crippen molar-refractivity contribution in [2.24, 2.45) is 23.7 Å². The van der Waals surface area contributed by atoms with E-state index in [2.05, 4.69) is 38.8 Å². The largest absolute Gasteiger partial charge is 0.313 e. The van der Waals surface area contributed by atoms with E-state index < -0.39 is 9.66 Å². The number of unbranched alkanes of at least 4 members (excludes halogenated alkanes) is 2. The van der Waals surface area contributed by atoms with E-state index in [0.717, 1.165) is 30.6 Å². The van der Waals surface area contributed by atoms with Crippen molar-refractivity contribution in [3.63, 3.8) is 0 Å². The molecule has 2 aliphatic rings. The molecule has 0 saturated heterocycles. The number of alkyl halides is 4. The molecular weight excluding hydrogens is 438 g/mol. The first kappa shape index (κ1) is 21.1. The van der Waals surface area contributed by atoms with Gasteiger partial charge in [-0.15, -0.1) is 0 Å². The molecule has 0 aromatic rings. The van der Waals surface area contributed by atoms with Crippen molar-refractivity contribution in [2.75, 3.05) is 0 Å². The van der Waals surface area contributed by atoms with Gasteiger partial charge in [0.25, 0.3) is 0 Å². The lowest BCUT2D eigenvalue weighted by Gasteiger charge is -2.38. The Kier molecular flexibility index (Phi) is 9.00. The lowest BCUT2D eigenvalue weighted by Crippen LogP contribution is -2.29. The maximum absolute atomic E-state index is 13.3. The van der Waals surface area contributed by atoms with Gasteiger partial charge in [-0.2, -0.15) is 8.78 Å². The van der Waals surface area contributed by atoms with Gasteiger partial charge in [-0.3, -0.25) is 0 Å². The minimum Gasteiger partial charge on any atom is -0.193 e. The molecule has 0 spiro atoms. The first-order valence-corrected chi connectivity index (χ1v) is 11.8. The van der Waals surface area contributed by atoms with Crippen LogP contribution in [0.1, 0.15) is 90.4 Å². The summed E-state index contributed by atoms with van der Waals surface area (Å²) in [7, 11) is 0. The quantitative estimate of drug-likeness (QED) is 0.246. The molecule has 0 heterocycles. The van der Waals surface area contributed by atoms with Crippen LogP contribution in [-0.2, 0) is 0 Å². The van der Waals surface area contributed by atoms with Crippen molar-refractivity contribution in [3.05, 3.63) is 0 Å². The van der Waals surface area contributed by atoms with Gasteiger partial charge in [0.15, 0.2) is 0 Å². The summed E-state index contributed by atoms with van der Waals surface area (Å²) in [5, 5.41) is 0. The van der Waals surface area contributed by atoms with Gasteiger partial charge in [-0.1, -0.05) is 74.2 Å². The minimum absolute atomic E-state index is 0.472. The first-order chi connectivity index (χ1) is 11.4. The summed E-state index contributed by atoms with van der Waals surface area (Å²) in [6, 6.07) is 0. The van der Waals surface area contributed by atoms with Crippen LogP contribution in [0.5, 0.6) is 0 Å². The third-order valence-corrected chi connectivity index (χ3v) is 8.68. The van der Waals surface area contributed by atoms with E-state index in [4.69, 9.17) is 0 Å². The number of hydrogen-bond acceptors (Lipinski definition) is 0. The zero-order chi connectivity index (χ0) is 17.6. The molecule has 4 heteroatoms. The van der Waals surface area contributed by atoms with Crippen LogP contribution in [0.25, 0.3) is 0 Å². The van der Waals surface area contributed by atoms with E-state index in [9.17, 15) is 8.78 Å². The highest BCUT2D eigenvalue weighted by molar-refractivity contribution is 9.12. The molecule has 0 aliphatic heterocycles. The van der Waals surface area contributed by atoms with Crippen molar-refractivity contribution in [1.82, 2.24) is 0 Å². The molecule has 0 bridgehead atoms. The smallest absolute Gasteiger partial charge is 0.193 e. The SMILES string of the molecule is CCCCC[C@H]1CC[C@H]([C@H]2CC[C@H](CC(Br)C(F)(F)Br)CC2)CC1. The maximum atomic E-state index is 13.3. The van der Waals surface area contributed by atoms with Crippen molar-refractivity contribution >= 4 is 31.9 Å². The molecule has 0 radical (unpaired) electrons. The van der Waals surface area contributed by atoms with Gasteiger partial charge in [-0.25, -0.2) is 0 Å². The summed E-state index contributed by atoms with van der Waals surface area (Å²) in [6.45, 7) is 2.28. The standard InChI is InChI=1S/C20H34Br2F2/c1-2-3-4-5-15-6-10-17(11-7-15)18-12-8-16(9-13-18)14-19(21)20(22,23)24/h15-19H,2-14H2,1H3/t15-,16-,17-,18-,19?. The lowest BCUT2D eigenvalue weighted by molar-refractivity contribution is 0.0932. The Hall–Kier alpha value is 0.820. The second-order valence-electron chi connectivity index (χ2n) is 8.30. The molecule has 1 unspecified atom stereocenters. The van der Waals surface area contributed by atoms with Crippen molar-refractivity contribution in [3.8, 4) is 0 Å². The molecule has 2 fully saturated rings. The summed E-state index contributed by atoms with van der Waals surface area (Å²) in [5.41, 5.74) is 0. The Bertz CT molecular complexity index is 340. The topological polar surface area (TPSA) is 0 Å². The Morgan fingerprint density at radius 2 is 1.38 bits per heavy atom. The first-order valence-electron chi connectivity index (χ1n) is 10.1. The van der Waals surface area contributed by atoms with Crippen LogP contribution in [0.2, 0.25) is 0 Å². The predicted octanol–water partition coefficient (Wildman–Crippen LogP) is 8.32. The van der Waals surface area contributed by atoms with Gasteiger partial charge in [0.2, 0.25) is 0 Å². The van der Waals surface area contributed by atoms with Crippen LogP contribution in [0.3, 0.4) is 0 Å². The molecule has 0 amide bonds. The molecule has 142 valence electrons. The zero-order valence-electron chi connectivity index (χ0n) is 15.1. The summed E-state index contributed by atoms with van der Waals surface area (Å²) < 4.78 is 26.5. The highest BCUT2D eigenvalue weighted by Crippen LogP contribution is 2.44. The van der Waals surface area contributed by atoms with E-state index in [1.54, 1.807) is 0 Å². The molecule has 0 aromatic heterocycles. The van der Waals surface area contributed by atoms with Crippen molar-refractivity contribution in [1.29, 1.82) is 0 Å². The summed E-state index contributed by atoms with van der Waals surface area (Å²) >= 11 is 5.65. The van der Waals surface area contributed by atoms with Crippen molar-refractivity contribution in [2.45, 2.75) is 100 Å². The summed E-state index contributed by atoms with van der Waals surface area (Å²) in [4.78, 5) is -3.51. The van der Waals surface area contributed by atoms with Crippen LogP contribution in [0.15, 0.2) is 0 Å². The number of halogens is 4. The van der Waals surface area contributed by atoms with E-state index in [1.807, 2.05) is 0 Å². The lowest BCUT2D eigenvalue weighted by atomic mass is 9.68. The summed E-state index contributed by atoms with van der Waals surface area (Å²) in [5.74, 6) is 3.25. The van der Waals surface area contributed by atoms with Gasteiger partial charge >= 0.3 is 4.83 Å². The third kappa shape index (κ3) is 6.85. The van der Waals surface area contributed by atoms with Crippen LogP contribution in [0, 0.1) is 23.7 Å². The molecule has 2 aliphatic carbocycles. The Morgan fingerprint density at radius 3 is 1.83 bits per heavy atom. The average Bonchev–Trinajstić information content (AvgIpc) is 2.56. The normalized spacial score (nSPS) is 33.4. The monoisotopic (exact) mass is 470 g/mol. The molecule has 24 heavy (non-hydrogen) atoms. The van der Waals surface area contributed by atoms with Crippen LogP contribution >= 0.6 is 31.9 Å². The predicted molar refractivity (Wildman–Crippen MR) is 106 cm³/mol. The Balaban J connectivity index is 1.65. The Labute approximate surface area is 164 Å². The third-order valence-electron chi connectivity index (χ3n) is 6.56. The van der Waals surface area contributed by atoms with E-state index in [1.165, 1.54) is 64.2 Å². The maximum Gasteiger partial charge on any atom is 0.313 e. The second kappa shape index (κ2) is 10.2. The fraction of sp³-hybridized carbons (Fsp3) is 1.00. The molecule has 1 atom stereocenters. The number of hydrogen-bond donors (Lipinski definition) is 0. The second-order valence-corrected chi connectivity index (χ2v) is 10.5. The highest BCUT2D eigenvalue weighted by atomic mass is 79.9. The average molecular weight is 472 g/mol. The fourth-order valence-electron chi connectivity index (χ4n) is 4.95. The van der Waals surface area contributed by atoms with Crippen LogP contribution < -0.4 is 0 Å². The highest BCUT2D eigenvalue weighted by Gasteiger charge is 2.37. The van der Waals surface area contributed by atoms with Gasteiger partial charge in [0, 0.05) is 0 Å². The Morgan fingerprint density at radius 1 is 0.875 bits per heavy atom. The van der Waals surface area contributed by atoms with E-state index in [0.29, 0.717) is 12.3 Å². The molecule has 0 aromatic carbocycles. The van der Waals surface area contributed by atoms with Gasteiger partial charge < -0.3 is 0 Å². The van der Waals surface area contributed by atoms with Crippen LogP contribution in [-0.4, -0.2) is 9.66 Å². The van der Waals surface area contributed by atoms with Gasteiger partial charge in [0.1, 0.15) is 0 Å². The number of rotatable bonds is 8. The summed E-state index contributed by atoms with van der Waals surface area (Å²) in [6.07, 6.45) is 16.7. The van der Waals surface area contributed by atoms with Crippen LogP contribution in [0.4, 0.5) is 8.78 Å².